The fourth-order valence-corrected chi connectivity index (χ4v) is 3.55. The lowest BCUT2D eigenvalue weighted by Crippen LogP contribution is -2.38. The molecule has 1 N–H and O–H groups in total. The van der Waals surface area contributed by atoms with Crippen LogP contribution in [-0.2, 0) is 5.54 Å². The van der Waals surface area contributed by atoms with Crippen LogP contribution in [0.5, 0.6) is 0 Å². The molecule has 0 atom stereocenters. The molecule has 1 aromatic heterocycles. The molecule has 4 rings (SSSR count). The third-order valence-electron chi connectivity index (χ3n) is 4.56. The van der Waals surface area contributed by atoms with Gasteiger partial charge in [0, 0.05) is 0 Å². The maximum atomic E-state index is 4.52. The molecule has 0 aliphatic rings. The first-order chi connectivity index (χ1) is 13.3. The Morgan fingerprint density at radius 1 is 0.593 bits per heavy atom. The van der Waals surface area contributed by atoms with E-state index in [1.807, 2.05) is 18.2 Å². The van der Waals surface area contributed by atoms with Crippen LogP contribution in [0.15, 0.2) is 108 Å². The Morgan fingerprint density at radius 3 is 1.41 bits per heavy atom. The average molecular weight is 416 g/mol. The van der Waals surface area contributed by atoms with E-state index >= 15 is 0 Å². The summed E-state index contributed by atoms with van der Waals surface area (Å²) >= 11 is 3.36. The van der Waals surface area contributed by atoms with Gasteiger partial charge in [-0.1, -0.05) is 91.0 Å². The number of hydrogen-bond acceptors (Lipinski definition) is 3. The van der Waals surface area contributed by atoms with Gasteiger partial charge in [0.25, 0.3) is 0 Å². The molecule has 0 spiro atoms. The van der Waals surface area contributed by atoms with Crippen molar-refractivity contribution < 1.29 is 0 Å². The first-order valence-corrected chi connectivity index (χ1v) is 9.50. The van der Waals surface area contributed by atoms with Crippen molar-refractivity contribution in [1.82, 2.24) is 9.97 Å². The van der Waals surface area contributed by atoms with Gasteiger partial charge in [0.2, 0.25) is 0 Å². The quantitative estimate of drug-likeness (QED) is 0.428. The summed E-state index contributed by atoms with van der Waals surface area (Å²) in [5.74, 6) is 0.703. The Hall–Kier alpha value is -2.98. The lowest BCUT2D eigenvalue weighted by Gasteiger charge is -2.37. The van der Waals surface area contributed by atoms with Gasteiger partial charge >= 0.3 is 0 Å². The Kier molecular flexibility index (Phi) is 4.99. The summed E-state index contributed by atoms with van der Waals surface area (Å²) in [5.41, 5.74) is 2.80. The van der Waals surface area contributed by atoms with Gasteiger partial charge in [-0.25, -0.2) is 9.97 Å². The highest BCUT2D eigenvalue weighted by atomic mass is 79.9. The topological polar surface area (TPSA) is 37.8 Å². The molecule has 27 heavy (non-hydrogen) atoms. The van der Waals surface area contributed by atoms with E-state index in [0.717, 1.165) is 16.7 Å². The van der Waals surface area contributed by atoms with Crippen LogP contribution < -0.4 is 5.32 Å². The summed E-state index contributed by atoms with van der Waals surface area (Å²) in [6.45, 7) is 0. The molecule has 1 heterocycles. The van der Waals surface area contributed by atoms with Gasteiger partial charge in [-0.3, -0.25) is 0 Å². The number of nitrogens with zero attached hydrogens (tertiary/aromatic N) is 2. The van der Waals surface area contributed by atoms with E-state index in [-0.39, 0.29) is 0 Å². The largest absolute Gasteiger partial charge is 0.351 e. The lowest BCUT2D eigenvalue weighted by molar-refractivity contribution is 0.705. The van der Waals surface area contributed by atoms with E-state index in [9.17, 15) is 0 Å². The van der Waals surface area contributed by atoms with Gasteiger partial charge in [0.1, 0.15) is 16.0 Å². The second-order valence-corrected chi connectivity index (χ2v) is 7.01. The zero-order valence-electron chi connectivity index (χ0n) is 14.6. The molecule has 0 saturated carbocycles. The fourth-order valence-electron chi connectivity index (χ4n) is 3.35. The molecule has 0 aliphatic carbocycles. The number of halogens is 1. The van der Waals surface area contributed by atoms with Crippen LogP contribution in [0.25, 0.3) is 0 Å². The van der Waals surface area contributed by atoms with Gasteiger partial charge in [-0.2, -0.15) is 0 Å². The second-order valence-electron chi connectivity index (χ2n) is 6.20. The van der Waals surface area contributed by atoms with Crippen molar-refractivity contribution in [3.63, 3.8) is 0 Å². The lowest BCUT2D eigenvalue weighted by atomic mass is 9.77. The van der Waals surface area contributed by atoms with E-state index in [1.54, 1.807) is 12.4 Å². The molecule has 0 bridgehead atoms. The second kappa shape index (κ2) is 7.72. The van der Waals surface area contributed by atoms with Crippen molar-refractivity contribution >= 4 is 21.7 Å². The molecule has 4 heteroatoms. The number of benzene rings is 3. The first kappa shape index (κ1) is 17.4. The summed E-state index contributed by atoms with van der Waals surface area (Å²) in [7, 11) is 0. The Labute approximate surface area is 167 Å². The minimum absolute atomic E-state index is 0.591. The molecule has 3 aromatic carbocycles. The molecule has 132 valence electrons. The minimum atomic E-state index is -0.591. The van der Waals surface area contributed by atoms with Gasteiger partial charge in [0.15, 0.2) is 0 Å². The number of nitrogens with one attached hydrogen (secondary N) is 1. The molecule has 3 nitrogen and oxygen atoms in total. The van der Waals surface area contributed by atoms with Crippen LogP contribution in [0.4, 0.5) is 5.82 Å². The highest BCUT2D eigenvalue weighted by Crippen LogP contribution is 2.39. The van der Waals surface area contributed by atoms with Crippen molar-refractivity contribution in [1.29, 1.82) is 0 Å². The molecule has 0 radical (unpaired) electrons. The smallest absolute Gasteiger partial charge is 0.145 e. The van der Waals surface area contributed by atoms with Crippen molar-refractivity contribution in [2.75, 3.05) is 5.32 Å². The van der Waals surface area contributed by atoms with E-state index in [4.69, 9.17) is 0 Å². The molecule has 0 aliphatic heterocycles. The third kappa shape index (κ3) is 3.49. The zero-order chi connectivity index (χ0) is 18.5. The Balaban J connectivity index is 1.98. The van der Waals surface area contributed by atoms with E-state index in [1.165, 1.54) is 0 Å². The average Bonchev–Trinajstić information content (AvgIpc) is 2.75. The van der Waals surface area contributed by atoms with Crippen LogP contribution in [0.2, 0.25) is 0 Å². The van der Waals surface area contributed by atoms with E-state index in [2.05, 4.69) is 104 Å². The van der Waals surface area contributed by atoms with Crippen LogP contribution in [0.3, 0.4) is 0 Å². The summed E-state index contributed by atoms with van der Waals surface area (Å²) in [6.07, 6.45) is 3.45. The number of anilines is 1. The minimum Gasteiger partial charge on any atom is -0.351 e. The van der Waals surface area contributed by atoms with Crippen molar-refractivity contribution in [2.24, 2.45) is 0 Å². The first-order valence-electron chi connectivity index (χ1n) is 8.71. The van der Waals surface area contributed by atoms with Gasteiger partial charge in [-0.05, 0) is 32.6 Å². The third-order valence-corrected chi connectivity index (χ3v) is 4.97. The summed E-state index contributed by atoms with van der Waals surface area (Å²) < 4.78 is 0.706. The molecule has 0 amide bonds. The van der Waals surface area contributed by atoms with Crippen molar-refractivity contribution in [2.45, 2.75) is 5.54 Å². The monoisotopic (exact) mass is 415 g/mol. The zero-order valence-corrected chi connectivity index (χ0v) is 16.2. The summed E-state index contributed by atoms with van der Waals surface area (Å²) in [4.78, 5) is 8.86. The molecule has 0 fully saturated rings. The molecule has 4 aromatic rings. The van der Waals surface area contributed by atoms with Crippen molar-refractivity contribution in [3.05, 3.63) is 125 Å². The van der Waals surface area contributed by atoms with Gasteiger partial charge < -0.3 is 5.32 Å². The number of aromatic nitrogens is 2. The summed E-state index contributed by atoms with van der Waals surface area (Å²) in [5, 5.41) is 3.67. The van der Waals surface area contributed by atoms with Crippen LogP contribution >= 0.6 is 15.9 Å². The predicted octanol–water partition coefficient (Wildman–Crippen LogP) is 5.64. The Bertz CT molecular complexity index is 891. The number of rotatable bonds is 5. The fraction of sp³-hybridized carbons (Fsp3) is 0.0435. The maximum Gasteiger partial charge on any atom is 0.145 e. The van der Waals surface area contributed by atoms with E-state index in [0.29, 0.717) is 10.4 Å². The highest BCUT2D eigenvalue weighted by Gasteiger charge is 2.36. The number of hydrogen-bond donors (Lipinski definition) is 1. The molecular formula is C23H18BrN3. The normalized spacial score (nSPS) is 11.1. The SMILES string of the molecule is Brc1cnc(NC(c2ccccc2)(c2ccccc2)c2ccccc2)cn1. The molecule has 0 saturated heterocycles. The van der Waals surface area contributed by atoms with E-state index < -0.39 is 5.54 Å². The highest BCUT2D eigenvalue weighted by molar-refractivity contribution is 9.10. The summed E-state index contributed by atoms with van der Waals surface area (Å²) in [6, 6.07) is 31.3. The molecular weight excluding hydrogens is 398 g/mol. The standard InChI is InChI=1S/C23H18BrN3/c24-21-16-26-22(17-25-21)27-23(18-10-4-1-5-11-18,19-12-6-2-7-13-19)20-14-8-3-9-15-20/h1-17H,(H,26,27). The van der Waals surface area contributed by atoms with Gasteiger partial charge in [-0.15, -0.1) is 0 Å². The van der Waals surface area contributed by atoms with Crippen LogP contribution in [-0.4, -0.2) is 9.97 Å². The maximum absolute atomic E-state index is 4.52. The van der Waals surface area contributed by atoms with Gasteiger partial charge in [0.05, 0.1) is 12.4 Å². The predicted molar refractivity (Wildman–Crippen MR) is 113 cm³/mol. The van der Waals surface area contributed by atoms with Crippen molar-refractivity contribution in [3.8, 4) is 0 Å². The van der Waals surface area contributed by atoms with Crippen LogP contribution in [0.1, 0.15) is 16.7 Å². The Morgan fingerprint density at radius 2 is 1.04 bits per heavy atom. The van der Waals surface area contributed by atoms with Crippen LogP contribution in [0, 0.1) is 0 Å². The molecule has 0 unspecified atom stereocenters.